The molecule has 10 heteroatoms. The average Bonchev–Trinajstić information content (AvgIpc) is 2.99. The number of phenolic OH excluding ortho intramolecular Hbond substituents is 2. The highest BCUT2D eigenvalue weighted by molar-refractivity contribution is 5.93. The molecule has 0 unspecified atom stereocenters. The number of aromatic hydroxyl groups is 2. The molecule has 10 nitrogen and oxygen atoms in total. The molecule has 0 spiro atoms. The van der Waals surface area contributed by atoms with Crippen molar-refractivity contribution in [3.05, 3.63) is 57.6 Å². The van der Waals surface area contributed by atoms with Crippen molar-refractivity contribution in [3.63, 3.8) is 0 Å². The van der Waals surface area contributed by atoms with Crippen molar-refractivity contribution in [3.8, 4) is 11.5 Å². The summed E-state index contributed by atoms with van der Waals surface area (Å²) in [6.45, 7) is 13.6. The van der Waals surface area contributed by atoms with Gasteiger partial charge >= 0.3 is 0 Å². The summed E-state index contributed by atoms with van der Waals surface area (Å²) >= 11 is 0. The van der Waals surface area contributed by atoms with Gasteiger partial charge in [-0.05, 0) is 77.4 Å². The Morgan fingerprint density at radius 2 is 0.659 bits per heavy atom. The minimum Gasteiger partial charge on any atom is -0.507 e. The lowest BCUT2D eigenvalue weighted by molar-refractivity contribution is 0.264. The molecular formula is C34H52N8O2. The van der Waals surface area contributed by atoms with E-state index >= 15 is 0 Å². The molecule has 2 aromatic carbocycles. The molecule has 4 bridgehead atoms. The fourth-order valence-corrected chi connectivity index (χ4v) is 4.76. The maximum Gasteiger partial charge on any atom is 0.133 e. The molecule has 240 valence electrons. The molecule has 0 atom stereocenters. The third-order valence-electron chi connectivity index (χ3n) is 7.72. The molecule has 1 aliphatic rings. The van der Waals surface area contributed by atoms with E-state index in [-0.39, 0.29) is 11.5 Å². The van der Waals surface area contributed by atoms with Crippen molar-refractivity contribution in [1.82, 2.24) is 19.6 Å². The molecule has 2 aromatic rings. The number of aliphatic imine (C=N–C) groups is 4. The Morgan fingerprint density at radius 1 is 0.432 bits per heavy atom. The Hall–Kier alpha value is -3.44. The Bertz CT molecular complexity index is 1120. The van der Waals surface area contributed by atoms with Crippen LogP contribution in [0, 0.1) is 13.8 Å². The second-order valence-corrected chi connectivity index (χ2v) is 11.9. The number of nitrogens with zero attached hydrogens (tertiary/aromatic N) is 8. The monoisotopic (exact) mass is 604 g/mol. The summed E-state index contributed by atoms with van der Waals surface area (Å²) < 4.78 is 0. The van der Waals surface area contributed by atoms with E-state index in [9.17, 15) is 10.2 Å². The summed E-state index contributed by atoms with van der Waals surface area (Å²) in [7, 11) is 8.39. The van der Waals surface area contributed by atoms with Gasteiger partial charge in [0.2, 0.25) is 0 Å². The van der Waals surface area contributed by atoms with Gasteiger partial charge in [-0.15, -0.1) is 0 Å². The van der Waals surface area contributed by atoms with Crippen LogP contribution in [-0.4, -0.2) is 161 Å². The Kier molecular flexibility index (Phi) is 14.6. The normalized spacial score (nSPS) is 18.9. The molecule has 0 radical (unpaired) electrons. The van der Waals surface area contributed by atoms with Crippen LogP contribution in [0.2, 0.25) is 0 Å². The largest absolute Gasteiger partial charge is 0.507 e. The lowest BCUT2D eigenvalue weighted by Crippen LogP contribution is -2.33. The smallest absolute Gasteiger partial charge is 0.133 e. The molecule has 44 heavy (non-hydrogen) atoms. The third-order valence-corrected chi connectivity index (χ3v) is 7.72. The summed E-state index contributed by atoms with van der Waals surface area (Å²) in [5.74, 6) is 0.436. The first-order chi connectivity index (χ1) is 21.1. The topological polar surface area (TPSA) is 103 Å². The molecule has 0 fully saturated rings. The number of phenols is 2. The maximum atomic E-state index is 10.8. The minimum absolute atomic E-state index is 0.218. The van der Waals surface area contributed by atoms with Gasteiger partial charge in [0.15, 0.2) is 0 Å². The molecule has 0 aromatic heterocycles. The Labute approximate surface area is 264 Å². The van der Waals surface area contributed by atoms with Crippen LogP contribution in [0.25, 0.3) is 0 Å². The van der Waals surface area contributed by atoms with Crippen LogP contribution in [0.3, 0.4) is 0 Å². The van der Waals surface area contributed by atoms with Gasteiger partial charge in [0, 0.05) is 99.5 Å². The van der Waals surface area contributed by atoms with Gasteiger partial charge in [0.25, 0.3) is 0 Å². The zero-order valence-electron chi connectivity index (χ0n) is 27.6. The highest BCUT2D eigenvalue weighted by atomic mass is 16.3. The second kappa shape index (κ2) is 18.4. The van der Waals surface area contributed by atoms with E-state index in [1.165, 1.54) is 0 Å². The van der Waals surface area contributed by atoms with E-state index in [1.807, 2.05) is 38.1 Å². The summed E-state index contributed by atoms with van der Waals surface area (Å²) in [6, 6.07) is 7.81. The number of likely N-dealkylation sites (N-methyl/N-ethyl adjacent to an activating group) is 4. The van der Waals surface area contributed by atoms with Gasteiger partial charge in [-0.1, -0.05) is 0 Å². The number of rotatable bonds is 0. The van der Waals surface area contributed by atoms with E-state index in [4.69, 9.17) is 0 Å². The van der Waals surface area contributed by atoms with E-state index < -0.39 is 0 Å². The summed E-state index contributed by atoms with van der Waals surface area (Å²) in [5, 5.41) is 21.7. The molecule has 0 saturated carbocycles. The zero-order chi connectivity index (χ0) is 31.9. The van der Waals surface area contributed by atoms with E-state index in [2.05, 4.69) is 67.8 Å². The second-order valence-electron chi connectivity index (χ2n) is 11.9. The van der Waals surface area contributed by atoms with Gasteiger partial charge in [0.05, 0.1) is 26.2 Å². The summed E-state index contributed by atoms with van der Waals surface area (Å²) in [4.78, 5) is 27.4. The van der Waals surface area contributed by atoms with Crippen LogP contribution in [0.1, 0.15) is 33.4 Å². The third kappa shape index (κ3) is 12.3. The van der Waals surface area contributed by atoms with Crippen LogP contribution in [0.5, 0.6) is 11.5 Å². The van der Waals surface area contributed by atoms with Crippen LogP contribution in [-0.2, 0) is 0 Å². The minimum atomic E-state index is 0.218. The Morgan fingerprint density at radius 3 is 0.886 bits per heavy atom. The lowest BCUT2D eigenvalue weighted by atomic mass is 10.1. The van der Waals surface area contributed by atoms with Gasteiger partial charge in [-0.3, -0.25) is 20.0 Å². The van der Waals surface area contributed by atoms with Crippen LogP contribution in [0.15, 0.2) is 44.2 Å². The van der Waals surface area contributed by atoms with Crippen molar-refractivity contribution in [2.45, 2.75) is 13.8 Å². The molecule has 1 heterocycles. The van der Waals surface area contributed by atoms with Gasteiger partial charge in [-0.25, -0.2) is 0 Å². The molecular weight excluding hydrogens is 552 g/mol. The van der Waals surface area contributed by atoms with Gasteiger partial charge in [-0.2, -0.15) is 0 Å². The predicted octanol–water partition coefficient (Wildman–Crippen LogP) is 2.83. The molecule has 3 rings (SSSR count). The fourth-order valence-electron chi connectivity index (χ4n) is 4.76. The van der Waals surface area contributed by atoms with Crippen LogP contribution >= 0.6 is 0 Å². The first-order valence-corrected chi connectivity index (χ1v) is 15.5. The van der Waals surface area contributed by atoms with Crippen LogP contribution in [0.4, 0.5) is 0 Å². The molecule has 1 aliphatic heterocycles. The molecule has 2 N–H and O–H groups in total. The van der Waals surface area contributed by atoms with Crippen molar-refractivity contribution in [2.75, 3.05) is 107 Å². The van der Waals surface area contributed by atoms with Crippen molar-refractivity contribution >= 4 is 24.9 Å². The highest BCUT2D eigenvalue weighted by Crippen LogP contribution is 2.23. The van der Waals surface area contributed by atoms with Crippen molar-refractivity contribution in [1.29, 1.82) is 0 Å². The quantitative estimate of drug-likeness (QED) is 0.480. The first-order valence-electron chi connectivity index (χ1n) is 15.5. The van der Waals surface area contributed by atoms with Crippen molar-refractivity contribution < 1.29 is 10.2 Å². The number of hydrogen-bond acceptors (Lipinski definition) is 10. The molecule has 0 amide bonds. The lowest BCUT2D eigenvalue weighted by Gasteiger charge is -2.21. The molecule has 0 aliphatic carbocycles. The van der Waals surface area contributed by atoms with Crippen LogP contribution < -0.4 is 0 Å². The number of aryl methyl sites for hydroxylation is 2. The van der Waals surface area contributed by atoms with Gasteiger partial charge < -0.3 is 29.8 Å². The SMILES string of the molecule is Cc1cc2c(O)c(c1)C=NCCN(C)CCN(C)CCN=Cc1cc(C)cc(c1O)C=NCCN(C)CCN(C)CCN=C2. The fraction of sp³-hybridized carbons (Fsp3) is 0.529. The predicted molar refractivity (Wildman–Crippen MR) is 186 cm³/mol. The summed E-state index contributed by atoms with van der Waals surface area (Å²) in [5.41, 5.74) is 4.99. The summed E-state index contributed by atoms with van der Waals surface area (Å²) in [6.07, 6.45) is 7.06. The van der Waals surface area contributed by atoms with E-state index in [0.29, 0.717) is 48.4 Å². The maximum absolute atomic E-state index is 10.8. The van der Waals surface area contributed by atoms with E-state index in [1.54, 1.807) is 24.9 Å². The Balaban J connectivity index is 1.68. The highest BCUT2D eigenvalue weighted by Gasteiger charge is 2.08. The van der Waals surface area contributed by atoms with E-state index in [0.717, 1.165) is 63.5 Å². The standard InChI is InChI=1S/C34H52N8O2/c1-27-19-29-23-35-7-11-39(3)15-17-41(5)13-9-37-25-31-21-28(2)22-32(34(31)44)26-38-10-14-42(6)18-16-40(4)12-8-36-24-30(20-27)33(29)43/h19-26,43-44H,7-18H2,1-6H3. The average molecular weight is 605 g/mol. The zero-order valence-corrected chi connectivity index (χ0v) is 27.6. The number of fused-ring (bicyclic) bond motifs is 4. The number of benzene rings is 2. The molecule has 0 saturated heterocycles. The first kappa shape index (κ1) is 35.0. The number of hydrogen-bond donors (Lipinski definition) is 2. The van der Waals surface area contributed by atoms with Crippen molar-refractivity contribution in [2.24, 2.45) is 20.0 Å². The van der Waals surface area contributed by atoms with Gasteiger partial charge in [0.1, 0.15) is 11.5 Å².